The third-order valence-corrected chi connectivity index (χ3v) is 5.03. The largest absolute Gasteiger partial charge is 0.296 e. The summed E-state index contributed by atoms with van der Waals surface area (Å²) in [6.07, 6.45) is 2.15. The number of carbonyl (C=O) groups is 2. The number of rotatable bonds is 4. The van der Waals surface area contributed by atoms with Crippen LogP contribution in [0.15, 0.2) is 30.5 Å². The monoisotopic (exact) mass is 349 g/mol. The van der Waals surface area contributed by atoms with Crippen LogP contribution in [-0.2, 0) is 9.59 Å². The molecule has 3 rings (SSSR count). The van der Waals surface area contributed by atoms with Crippen LogP contribution in [0.2, 0.25) is 5.02 Å². The molecule has 5 nitrogen and oxygen atoms in total. The average Bonchev–Trinajstić information content (AvgIpc) is 3.11. The number of nitrogens with one attached hydrogen (secondary N) is 1. The minimum atomic E-state index is 0.0479. The molecule has 1 aliphatic heterocycles. The minimum absolute atomic E-state index is 0.0479. The lowest BCUT2D eigenvalue weighted by Gasteiger charge is -2.16. The van der Waals surface area contributed by atoms with Crippen molar-refractivity contribution in [3.05, 3.63) is 35.5 Å². The number of hydrogen-bond donors (Lipinski definition) is 1. The predicted octanol–water partition coefficient (Wildman–Crippen LogP) is 3.36. The Morgan fingerprint density at radius 3 is 3.09 bits per heavy atom. The second-order valence-corrected chi connectivity index (χ2v) is 7.15. The zero-order valence-corrected chi connectivity index (χ0v) is 14.2. The highest BCUT2D eigenvalue weighted by atomic mass is 35.5. The van der Waals surface area contributed by atoms with E-state index in [1.165, 1.54) is 11.8 Å². The van der Waals surface area contributed by atoms with Crippen molar-refractivity contribution in [1.82, 2.24) is 10.2 Å². The Morgan fingerprint density at radius 2 is 2.35 bits per heavy atom. The van der Waals surface area contributed by atoms with Crippen LogP contribution in [0.4, 0.5) is 5.82 Å². The van der Waals surface area contributed by atoms with Crippen LogP contribution < -0.4 is 4.90 Å². The Balaban J connectivity index is 1.82. The zero-order valence-electron chi connectivity index (χ0n) is 12.6. The molecule has 1 saturated heterocycles. The van der Waals surface area contributed by atoms with Gasteiger partial charge in [0.15, 0.2) is 5.12 Å². The maximum atomic E-state index is 12.3. The molecule has 1 aromatic heterocycles. The summed E-state index contributed by atoms with van der Waals surface area (Å²) in [5.41, 5.74) is 1.76. The van der Waals surface area contributed by atoms with Gasteiger partial charge in [-0.25, -0.2) is 0 Å². The summed E-state index contributed by atoms with van der Waals surface area (Å²) in [7, 11) is 0. The van der Waals surface area contributed by atoms with Crippen LogP contribution in [0.3, 0.4) is 0 Å². The van der Waals surface area contributed by atoms with Gasteiger partial charge in [0.1, 0.15) is 5.82 Å². The Bertz CT molecular complexity index is 746. The van der Waals surface area contributed by atoms with Gasteiger partial charge in [-0.05, 0) is 23.6 Å². The van der Waals surface area contributed by atoms with Gasteiger partial charge in [0.2, 0.25) is 5.91 Å². The molecule has 0 aliphatic carbocycles. The van der Waals surface area contributed by atoms with Gasteiger partial charge < -0.3 is 0 Å². The van der Waals surface area contributed by atoms with Gasteiger partial charge in [0.25, 0.3) is 0 Å². The number of aromatic nitrogens is 2. The molecule has 1 amide bonds. The SMILES string of the molecule is CC(=O)SCC1CC(=O)N(c2[nH]ncc2-c2cccc(Cl)c2)C1. The summed E-state index contributed by atoms with van der Waals surface area (Å²) in [5, 5.41) is 7.72. The quantitative estimate of drug-likeness (QED) is 0.919. The lowest BCUT2D eigenvalue weighted by molar-refractivity contribution is -0.117. The second-order valence-electron chi connectivity index (χ2n) is 5.52. The molecule has 1 fully saturated rings. The Morgan fingerprint density at radius 1 is 1.52 bits per heavy atom. The van der Waals surface area contributed by atoms with Crippen molar-refractivity contribution in [2.45, 2.75) is 13.3 Å². The first-order valence-corrected chi connectivity index (χ1v) is 8.64. The maximum Gasteiger partial charge on any atom is 0.228 e. The molecule has 0 radical (unpaired) electrons. The van der Waals surface area contributed by atoms with Crippen LogP contribution in [-0.4, -0.2) is 33.5 Å². The molecular weight excluding hydrogens is 334 g/mol. The number of amides is 1. The van der Waals surface area contributed by atoms with E-state index in [1.807, 2.05) is 18.2 Å². The first kappa shape index (κ1) is 16.1. The molecule has 2 heterocycles. The molecule has 0 bridgehead atoms. The summed E-state index contributed by atoms with van der Waals surface area (Å²) in [6, 6.07) is 7.46. The van der Waals surface area contributed by atoms with E-state index in [0.717, 1.165) is 11.1 Å². The molecule has 7 heteroatoms. The third kappa shape index (κ3) is 3.59. The fraction of sp³-hybridized carbons (Fsp3) is 0.312. The molecule has 120 valence electrons. The molecule has 23 heavy (non-hydrogen) atoms. The number of carbonyl (C=O) groups excluding carboxylic acids is 2. The fourth-order valence-corrected chi connectivity index (χ4v) is 3.58. The number of hydrogen-bond acceptors (Lipinski definition) is 4. The summed E-state index contributed by atoms with van der Waals surface area (Å²) in [6.45, 7) is 2.14. The lowest BCUT2D eigenvalue weighted by Crippen LogP contribution is -2.25. The molecule has 2 aromatic rings. The van der Waals surface area contributed by atoms with E-state index in [9.17, 15) is 9.59 Å². The van der Waals surface area contributed by atoms with Crippen LogP contribution in [0.25, 0.3) is 11.1 Å². The highest BCUT2D eigenvalue weighted by molar-refractivity contribution is 8.13. The molecular formula is C16H16ClN3O2S. The third-order valence-electron chi connectivity index (χ3n) is 3.75. The number of thioether (sulfide) groups is 1. The molecule has 1 unspecified atom stereocenters. The van der Waals surface area contributed by atoms with Crippen molar-refractivity contribution in [2.24, 2.45) is 5.92 Å². The Kier molecular flexibility index (Phi) is 4.73. The minimum Gasteiger partial charge on any atom is -0.296 e. The number of benzene rings is 1. The van der Waals surface area contributed by atoms with E-state index in [2.05, 4.69) is 10.2 Å². The molecule has 1 N–H and O–H groups in total. The first-order valence-electron chi connectivity index (χ1n) is 7.27. The van der Waals surface area contributed by atoms with Crippen LogP contribution in [0, 0.1) is 5.92 Å². The molecule has 1 atom stereocenters. The fourth-order valence-electron chi connectivity index (χ4n) is 2.70. The predicted molar refractivity (Wildman–Crippen MR) is 92.6 cm³/mol. The van der Waals surface area contributed by atoms with E-state index in [-0.39, 0.29) is 16.9 Å². The standard InChI is InChI=1S/C16H16ClN3O2S/c1-10(21)23-9-11-5-15(22)20(8-11)16-14(7-18-19-16)12-3-2-4-13(17)6-12/h2-4,6-7,11H,5,8-9H2,1H3,(H,18,19). The van der Waals surface area contributed by atoms with Crippen LogP contribution in [0.1, 0.15) is 13.3 Å². The molecule has 0 saturated carbocycles. The Hall–Kier alpha value is -1.79. The van der Waals surface area contributed by atoms with E-state index in [4.69, 9.17) is 11.6 Å². The number of aromatic amines is 1. The molecule has 1 aliphatic rings. The highest BCUT2D eigenvalue weighted by Crippen LogP contribution is 2.34. The summed E-state index contributed by atoms with van der Waals surface area (Å²) < 4.78 is 0. The number of anilines is 1. The highest BCUT2D eigenvalue weighted by Gasteiger charge is 2.33. The van der Waals surface area contributed by atoms with Crippen molar-refractivity contribution in [1.29, 1.82) is 0 Å². The zero-order chi connectivity index (χ0) is 16.4. The van der Waals surface area contributed by atoms with Gasteiger partial charge >= 0.3 is 0 Å². The molecule has 0 spiro atoms. The Labute approximate surface area is 143 Å². The normalized spacial score (nSPS) is 17.7. The van der Waals surface area contributed by atoms with Crippen molar-refractivity contribution < 1.29 is 9.59 Å². The van der Waals surface area contributed by atoms with Crippen molar-refractivity contribution in [3.63, 3.8) is 0 Å². The van der Waals surface area contributed by atoms with Crippen molar-refractivity contribution in [2.75, 3.05) is 17.2 Å². The van der Waals surface area contributed by atoms with Crippen molar-refractivity contribution >= 4 is 40.2 Å². The molecule has 1 aromatic carbocycles. The van der Waals surface area contributed by atoms with E-state index in [0.29, 0.717) is 29.6 Å². The van der Waals surface area contributed by atoms with Gasteiger partial charge in [-0.2, -0.15) is 5.10 Å². The van der Waals surface area contributed by atoms with Gasteiger partial charge in [0.05, 0.1) is 6.20 Å². The van der Waals surface area contributed by atoms with E-state index in [1.54, 1.807) is 24.1 Å². The van der Waals surface area contributed by atoms with Crippen molar-refractivity contribution in [3.8, 4) is 11.1 Å². The summed E-state index contributed by atoms with van der Waals surface area (Å²) in [4.78, 5) is 25.2. The van der Waals surface area contributed by atoms with Crippen LogP contribution in [0.5, 0.6) is 0 Å². The van der Waals surface area contributed by atoms with E-state index >= 15 is 0 Å². The summed E-state index contributed by atoms with van der Waals surface area (Å²) in [5.74, 6) is 1.57. The number of H-pyrrole nitrogens is 1. The number of halogens is 1. The van der Waals surface area contributed by atoms with E-state index < -0.39 is 0 Å². The topological polar surface area (TPSA) is 66.1 Å². The lowest BCUT2D eigenvalue weighted by atomic mass is 10.1. The summed E-state index contributed by atoms with van der Waals surface area (Å²) >= 11 is 7.32. The van der Waals surface area contributed by atoms with Gasteiger partial charge in [0, 0.05) is 36.2 Å². The van der Waals surface area contributed by atoms with Gasteiger partial charge in [-0.15, -0.1) is 0 Å². The number of nitrogens with zero attached hydrogens (tertiary/aromatic N) is 2. The van der Waals surface area contributed by atoms with Gasteiger partial charge in [-0.3, -0.25) is 19.6 Å². The van der Waals surface area contributed by atoms with Gasteiger partial charge in [-0.1, -0.05) is 35.5 Å². The first-order chi connectivity index (χ1) is 11.0. The smallest absolute Gasteiger partial charge is 0.228 e. The second kappa shape index (κ2) is 6.76. The maximum absolute atomic E-state index is 12.3. The average molecular weight is 350 g/mol. The van der Waals surface area contributed by atoms with Crippen LogP contribution >= 0.6 is 23.4 Å².